The molecule has 3 atom stereocenters. The predicted octanol–water partition coefficient (Wildman–Crippen LogP) is 3.17. The lowest BCUT2D eigenvalue weighted by Crippen LogP contribution is -2.50. The molecule has 2 heterocycles. The van der Waals surface area contributed by atoms with Gasteiger partial charge in [0.25, 0.3) is 5.91 Å². The summed E-state index contributed by atoms with van der Waals surface area (Å²) in [5.74, 6) is -0.0653. The Morgan fingerprint density at radius 1 is 1.16 bits per heavy atom. The minimum absolute atomic E-state index is 0.0358. The maximum Gasteiger partial charge on any atom is 0.287 e. The van der Waals surface area contributed by atoms with Gasteiger partial charge in [0.05, 0.1) is 21.6 Å². The lowest BCUT2D eigenvalue weighted by molar-refractivity contribution is -0.123. The zero-order valence-electron chi connectivity index (χ0n) is 17.6. The molecule has 2 aliphatic rings. The molecule has 170 valence electrons. The molecule has 1 aliphatic heterocycles. The van der Waals surface area contributed by atoms with Crippen LogP contribution in [0.2, 0.25) is 10.0 Å². The number of aromatic amines is 1. The van der Waals surface area contributed by atoms with E-state index >= 15 is 0 Å². The van der Waals surface area contributed by atoms with Gasteiger partial charge in [-0.25, -0.2) is 4.98 Å². The molecule has 0 bridgehead atoms. The Morgan fingerprint density at radius 2 is 1.94 bits per heavy atom. The Morgan fingerprint density at radius 3 is 2.59 bits per heavy atom. The van der Waals surface area contributed by atoms with E-state index in [1.54, 1.807) is 12.1 Å². The van der Waals surface area contributed by atoms with Crippen LogP contribution in [0.25, 0.3) is 11.0 Å². The van der Waals surface area contributed by atoms with Crippen molar-refractivity contribution < 1.29 is 9.59 Å². The number of carbonyl (C=O) groups excluding carboxylic acids is 2. The fourth-order valence-corrected chi connectivity index (χ4v) is 4.55. The molecule has 8 nitrogen and oxygen atoms in total. The van der Waals surface area contributed by atoms with E-state index in [1.807, 2.05) is 0 Å². The van der Waals surface area contributed by atoms with Crippen LogP contribution < -0.4 is 16.0 Å². The van der Waals surface area contributed by atoms with Gasteiger partial charge in [0, 0.05) is 0 Å². The molecular formula is C22H26Cl2N6O2. The van der Waals surface area contributed by atoms with E-state index < -0.39 is 18.0 Å². The number of hydrogen-bond acceptors (Lipinski definition) is 5. The number of fused-ring (bicyclic) bond motifs is 1. The summed E-state index contributed by atoms with van der Waals surface area (Å²) in [6.45, 7) is 1.85. The van der Waals surface area contributed by atoms with Gasteiger partial charge in [0.1, 0.15) is 17.6 Å². The molecule has 32 heavy (non-hydrogen) atoms. The minimum atomic E-state index is -0.741. The van der Waals surface area contributed by atoms with Crippen molar-refractivity contribution in [1.29, 1.82) is 5.26 Å². The smallest absolute Gasteiger partial charge is 0.287 e. The molecule has 0 spiro atoms. The summed E-state index contributed by atoms with van der Waals surface area (Å²) in [6.07, 6.45) is 5.31. The quantitative estimate of drug-likeness (QED) is 0.465. The molecule has 2 fully saturated rings. The van der Waals surface area contributed by atoms with Crippen molar-refractivity contribution in [3.05, 3.63) is 28.0 Å². The molecule has 1 aromatic heterocycles. The monoisotopic (exact) mass is 476 g/mol. The van der Waals surface area contributed by atoms with Crippen molar-refractivity contribution in [1.82, 2.24) is 25.9 Å². The third kappa shape index (κ3) is 5.52. The highest BCUT2D eigenvalue weighted by Crippen LogP contribution is 2.34. The lowest BCUT2D eigenvalue weighted by Gasteiger charge is -2.26. The Hall–Kier alpha value is -2.34. The molecule has 4 N–H and O–H groups in total. The fourth-order valence-electron chi connectivity index (χ4n) is 4.15. The van der Waals surface area contributed by atoms with Crippen LogP contribution in [0.1, 0.15) is 49.1 Å². The van der Waals surface area contributed by atoms with Crippen molar-refractivity contribution in [2.45, 2.75) is 50.6 Å². The third-order valence-corrected chi connectivity index (χ3v) is 6.71. The van der Waals surface area contributed by atoms with E-state index in [0.717, 1.165) is 38.8 Å². The molecular weight excluding hydrogens is 451 g/mol. The van der Waals surface area contributed by atoms with Crippen molar-refractivity contribution in [3.8, 4) is 6.07 Å². The average molecular weight is 477 g/mol. The number of hydrogen-bond donors (Lipinski definition) is 4. The predicted molar refractivity (Wildman–Crippen MR) is 122 cm³/mol. The highest BCUT2D eigenvalue weighted by molar-refractivity contribution is 6.39. The molecule has 1 aromatic carbocycles. The molecule has 2 amide bonds. The van der Waals surface area contributed by atoms with Gasteiger partial charge in [-0.05, 0) is 62.7 Å². The van der Waals surface area contributed by atoms with E-state index in [1.165, 1.54) is 0 Å². The van der Waals surface area contributed by atoms with Gasteiger partial charge in [-0.15, -0.1) is 0 Å². The van der Waals surface area contributed by atoms with E-state index in [4.69, 9.17) is 23.2 Å². The number of nitrogens with one attached hydrogen (secondary N) is 4. The molecule has 1 saturated carbocycles. The van der Waals surface area contributed by atoms with Crippen LogP contribution in [0.5, 0.6) is 0 Å². The van der Waals surface area contributed by atoms with Crippen LogP contribution >= 0.6 is 23.2 Å². The summed E-state index contributed by atoms with van der Waals surface area (Å²) < 4.78 is 0. The first kappa shape index (κ1) is 22.8. The van der Waals surface area contributed by atoms with Crippen LogP contribution in [0.4, 0.5) is 0 Å². The number of amides is 2. The van der Waals surface area contributed by atoms with Crippen molar-refractivity contribution >= 4 is 46.0 Å². The number of imidazole rings is 1. The Balaban J connectivity index is 1.44. The maximum atomic E-state index is 13.0. The van der Waals surface area contributed by atoms with Crippen LogP contribution in [0, 0.1) is 23.2 Å². The maximum absolute atomic E-state index is 13.0. The zero-order valence-corrected chi connectivity index (χ0v) is 19.1. The van der Waals surface area contributed by atoms with Crippen molar-refractivity contribution in [2.24, 2.45) is 11.8 Å². The molecule has 2 aromatic rings. The van der Waals surface area contributed by atoms with Crippen LogP contribution in [0.15, 0.2) is 12.1 Å². The summed E-state index contributed by atoms with van der Waals surface area (Å²) in [5.41, 5.74) is 0.872. The highest BCUT2D eigenvalue weighted by atomic mass is 35.5. The summed E-state index contributed by atoms with van der Waals surface area (Å²) >= 11 is 12.3. The van der Waals surface area contributed by atoms with Crippen LogP contribution in [0.3, 0.4) is 0 Å². The number of halogens is 2. The SMILES string of the molecule is N#CC(CC1CCCNC1)NC(=O)C(CC1CC1)NC(=O)c1nc2c(Cl)ccc(Cl)c2[nH]1. The molecule has 0 radical (unpaired) electrons. The number of aromatic nitrogens is 2. The molecule has 10 heteroatoms. The second-order valence-electron chi connectivity index (χ2n) is 8.68. The molecule has 3 unspecified atom stereocenters. The fraction of sp³-hybridized carbons (Fsp3) is 0.545. The lowest BCUT2D eigenvalue weighted by atomic mass is 9.92. The normalized spacial score (nSPS) is 20.3. The Labute approximate surface area is 196 Å². The first-order chi connectivity index (χ1) is 15.4. The number of nitriles is 1. The van der Waals surface area contributed by atoms with Crippen molar-refractivity contribution in [2.75, 3.05) is 13.1 Å². The molecule has 1 saturated heterocycles. The van der Waals surface area contributed by atoms with Gasteiger partial charge < -0.3 is 20.9 Å². The van der Waals surface area contributed by atoms with Crippen molar-refractivity contribution in [3.63, 3.8) is 0 Å². The topological polar surface area (TPSA) is 123 Å². The minimum Gasteiger partial charge on any atom is -0.339 e. The zero-order chi connectivity index (χ0) is 22.7. The van der Waals surface area contributed by atoms with Crippen LogP contribution in [-0.2, 0) is 4.79 Å². The van der Waals surface area contributed by atoms with Gasteiger partial charge in [-0.1, -0.05) is 36.0 Å². The number of nitrogens with zero attached hydrogens (tertiary/aromatic N) is 2. The number of piperidine rings is 1. The Kier molecular flexibility index (Phi) is 7.19. The second-order valence-corrected chi connectivity index (χ2v) is 9.50. The number of H-pyrrole nitrogens is 1. The molecule has 4 rings (SSSR count). The summed E-state index contributed by atoms with van der Waals surface area (Å²) in [7, 11) is 0. The standard InChI is InChI=1S/C22H26Cl2N6O2/c23-15-5-6-16(24)19-18(15)29-20(30-19)22(32)28-17(9-12-3-4-12)21(31)27-14(10-25)8-13-2-1-7-26-11-13/h5-6,12-14,17,26H,1-4,7-9,11H2,(H,27,31)(H,28,32)(H,29,30). The number of benzene rings is 1. The summed E-state index contributed by atoms with van der Waals surface area (Å²) in [5, 5.41) is 19.3. The van der Waals surface area contributed by atoms with E-state index in [0.29, 0.717) is 45.8 Å². The van der Waals surface area contributed by atoms with Gasteiger partial charge in [0.15, 0.2) is 5.82 Å². The van der Waals surface area contributed by atoms with E-state index in [-0.39, 0.29) is 11.7 Å². The first-order valence-corrected chi connectivity index (χ1v) is 11.8. The number of carbonyl (C=O) groups is 2. The average Bonchev–Trinajstić information content (AvgIpc) is 3.49. The number of rotatable bonds is 8. The van der Waals surface area contributed by atoms with E-state index in [2.05, 4.69) is 32.0 Å². The van der Waals surface area contributed by atoms with Gasteiger partial charge in [0.2, 0.25) is 5.91 Å². The van der Waals surface area contributed by atoms with Gasteiger partial charge in [-0.2, -0.15) is 5.26 Å². The first-order valence-electron chi connectivity index (χ1n) is 11.0. The van der Waals surface area contributed by atoms with Gasteiger partial charge >= 0.3 is 0 Å². The second kappa shape index (κ2) is 10.1. The largest absolute Gasteiger partial charge is 0.339 e. The van der Waals surface area contributed by atoms with Crippen LogP contribution in [-0.4, -0.2) is 47.0 Å². The summed E-state index contributed by atoms with van der Waals surface area (Å²) in [4.78, 5) is 33.0. The van der Waals surface area contributed by atoms with E-state index in [9.17, 15) is 14.9 Å². The summed E-state index contributed by atoms with van der Waals surface area (Å²) in [6, 6.07) is 4.11. The third-order valence-electron chi connectivity index (χ3n) is 6.09. The van der Waals surface area contributed by atoms with Gasteiger partial charge in [-0.3, -0.25) is 9.59 Å². The highest BCUT2D eigenvalue weighted by Gasteiger charge is 2.32. The molecule has 1 aliphatic carbocycles. The Bertz CT molecular complexity index is 1000.